The summed E-state index contributed by atoms with van der Waals surface area (Å²) in [6.07, 6.45) is 0. The predicted molar refractivity (Wildman–Crippen MR) is 84.7 cm³/mol. The molecule has 0 bridgehead atoms. The monoisotopic (exact) mass is 323 g/mol. The Balaban J connectivity index is 1.98. The van der Waals surface area contributed by atoms with Gasteiger partial charge in [-0.2, -0.15) is 0 Å². The number of aromatic nitrogens is 1. The van der Waals surface area contributed by atoms with Crippen LogP contribution in [0.5, 0.6) is 0 Å². The minimum atomic E-state index is 0.812. The van der Waals surface area contributed by atoms with Crippen LogP contribution in [0.15, 0.2) is 69.7 Å². The van der Waals surface area contributed by atoms with E-state index in [0.29, 0.717) is 0 Å². The van der Waals surface area contributed by atoms with Gasteiger partial charge in [0.1, 0.15) is 5.52 Å². The van der Waals surface area contributed by atoms with Crippen LogP contribution >= 0.6 is 15.9 Å². The molecule has 4 aromatic rings. The lowest BCUT2D eigenvalue weighted by Crippen LogP contribution is -1.77. The Hall–Kier alpha value is -2.13. The average Bonchev–Trinajstić information content (AvgIpc) is 2.89. The van der Waals surface area contributed by atoms with Crippen molar-refractivity contribution in [3.63, 3.8) is 0 Å². The second kappa shape index (κ2) is 4.46. The Kier molecular flexibility index (Phi) is 2.60. The molecule has 1 heterocycles. The second-order valence-corrected chi connectivity index (χ2v) is 5.65. The van der Waals surface area contributed by atoms with Gasteiger partial charge in [-0.05, 0) is 35.0 Å². The van der Waals surface area contributed by atoms with E-state index in [4.69, 9.17) is 4.52 Å². The summed E-state index contributed by atoms with van der Waals surface area (Å²) in [5.41, 5.74) is 1.92. The van der Waals surface area contributed by atoms with Crippen LogP contribution in [0.3, 0.4) is 0 Å². The number of hydrogen-bond acceptors (Lipinski definition) is 2. The van der Waals surface area contributed by atoms with Crippen molar-refractivity contribution in [3.05, 3.63) is 65.1 Å². The summed E-state index contributed by atoms with van der Waals surface area (Å²) in [6, 6.07) is 20.6. The molecule has 20 heavy (non-hydrogen) atoms. The molecule has 0 amide bonds. The third kappa shape index (κ3) is 1.82. The summed E-state index contributed by atoms with van der Waals surface area (Å²) in [5.74, 6) is 0.812. The maximum Gasteiger partial charge on any atom is 0.174 e. The Labute approximate surface area is 124 Å². The van der Waals surface area contributed by atoms with Gasteiger partial charge in [0.05, 0.1) is 5.39 Å². The first kappa shape index (κ1) is 11.7. The van der Waals surface area contributed by atoms with Gasteiger partial charge in [0, 0.05) is 10.0 Å². The molecule has 4 rings (SSSR count). The number of nitrogens with zero attached hydrogens (tertiary/aromatic N) is 1. The number of hydrogen-bond donors (Lipinski definition) is 0. The molecule has 0 saturated carbocycles. The molecule has 0 N–H and O–H groups in total. The van der Waals surface area contributed by atoms with Crippen LogP contribution in [0.4, 0.5) is 0 Å². The first-order valence-electron chi connectivity index (χ1n) is 6.35. The van der Waals surface area contributed by atoms with Gasteiger partial charge in [0.25, 0.3) is 0 Å². The molecule has 0 saturated heterocycles. The van der Waals surface area contributed by atoms with E-state index in [0.717, 1.165) is 26.7 Å². The van der Waals surface area contributed by atoms with E-state index in [2.05, 4.69) is 51.4 Å². The van der Waals surface area contributed by atoms with E-state index in [1.165, 1.54) is 10.8 Å². The lowest BCUT2D eigenvalue weighted by molar-refractivity contribution is 0.441. The van der Waals surface area contributed by atoms with Gasteiger partial charge < -0.3 is 4.52 Å². The van der Waals surface area contributed by atoms with Gasteiger partial charge in [-0.25, -0.2) is 0 Å². The van der Waals surface area contributed by atoms with Crippen LogP contribution in [-0.4, -0.2) is 5.16 Å². The summed E-state index contributed by atoms with van der Waals surface area (Å²) < 4.78 is 6.56. The topological polar surface area (TPSA) is 26.0 Å². The molecule has 0 aliphatic heterocycles. The van der Waals surface area contributed by atoms with Crippen molar-refractivity contribution in [3.8, 4) is 11.3 Å². The largest absolute Gasteiger partial charge is 0.355 e. The zero-order valence-corrected chi connectivity index (χ0v) is 12.1. The van der Waals surface area contributed by atoms with Crippen LogP contribution in [0.25, 0.3) is 33.0 Å². The van der Waals surface area contributed by atoms with E-state index in [-0.39, 0.29) is 0 Å². The van der Waals surface area contributed by atoms with E-state index in [1.54, 1.807) is 0 Å². The van der Waals surface area contributed by atoms with Gasteiger partial charge >= 0.3 is 0 Å². The lowest BCUT2D eigenvalue weighted by atomic mass is 10.0. The van der Waals surface area contributed by atoms with Crippen molar-refractivity contribution in [2.75, 3.05) is 0 Å². The summed E-state index contributed by atoms with van der Waals surface area (Å²) >= 11 is 3.49. The van der Waals surface area contributed by atoms with Gasteiger partial charge in [-0.1, -0.05) is 57.5 Å². The maximum atomic E-state index is 5.53. The van der Waals surface area contributed by atoms with Gasteiger partial charge in [0.2, 0.25) is 0 Å². The summed E-state index contributed by atoms with van der Waals surface area (Å²) in [5, 5.41) is 7.57. The van der Waals surface area contributed by atoms with Gasteiger partial charge in [-0.3, -0.25) is 0 Å². The fraction of sp³-hybridized carbons (Fsp3) is 0. The zero-order valence-electron chi connectivity index (χ0n) is 10.5. The van der Waals surface area contributed by atoms with Crippen molar-refractivity contribution in [1.82, 2.24) is 5.16 Å². The highest BCUT2D eigenvalue weighted by Crippen LogP contribution is 2.32. The Bertz CT molecular complexity index is 926. The fourth-order valence-electron chi connectivity index (χ4n) is 2.45. The van der Waals surface area contributed by atoms with E-state index < -0.39 is 0 Å². The second-order valence-electron chi connectivity index (χ2n) is 4.74. The third-order valence-electron chi connectivity index (χ3n) is 3.45. The molecule has 0 radical (unpaired) electrons. The zero-order chi connectivity index (χ0) is 13.5. The molecule has 0 aliphatic rings. The summed E-state index contributed by atoms with van der Waals surface area (Å²) in [7, 11) is 0. The first-order chi connectivity index (χ1) is 9.81. The Morgan fingerprint density at radius 1 is 0.850 bits per heavy atom. The maximum absolute atomic E-state index is 5.53. The van der Waals surface area contributed by atoms with Crippen molar-refractivity contribution < 1.29 is 4.52 Å². The van der Waals surface area contributed by atoms with Crippen LogP contribution in [0.2, 0.25) is 0 Å². The summed E-state index contributed by atoms with van der Waals surface area (Å²) in [4.78, 5) is 0. The molecule has 0 fully saturated rings. The SMILES string of the molecule is Brc1ccc2noc(-c3ccc4ccccc4c3)c2c1. The van der Waals surface area contributed by atoms with Crippen molar-refractivity contribution in [1.29, 1.82) is 0 Å². The molecular weight excluding hydrogens is 314 g/mol. The number of rotatable bonds is 1. The Morgan fingerprint density at radius 3 is 2.60 bits per heavy atom. The minimum Gasteiger partial charge on any atom is -0.355 e. The van der Waals surface area contributed by atoms with E-state index in [1.807, 2.05) is 30.3 Å². The number of benzene rings is 3. The standard InChI is InChI=1S/C17H10BrNO/c18-14-7-8-16-15(10-14)17(20-19-16)13-6-5-11-3-1-2-4-12(11)9-13/h1-10H. The van der Waals surface area contributed by atoms with E-state index >= 15 is 0 Å². The van der Waals surface area contributed by atoms with Gasteiger partial charge in [-0.15, -0.1) is 0 Å². The highest BCUT2D eigenvalue weighted by molar-refractivity contribution is 9.10. The lowest BCUT2D eigenvalue weighted by Gasteiger charge is -2.01. The normalized spacial score (nSPS) is 11.2. The minimum absolute atomic E-state index is 0.812. The van der Waals surface area contributed by atoms with Crippen LogP contribution in [0.1, 0.15) is 0 Å². The first-order valence-corrected chi connectivity index (χ1v) is 7.15. The van der Waals surface area contributed by atoms with Crippen LogP contribution < -0.4 is 0 Å². The van der Waals surface area contributed by atoms with Crippen LogP contribution in [-0.2, 0) is 0 Å². The molecular formula is C17H10BrNO. The highest BCUT2D eigenvalue weighted by Gasteiger charge is 2.11. The molecule has 0 unspecified atom stereocenters. The quantitative estimate of drug-likeness (QED) is 0.468. The third-order valence-corrected chi connectivity index (χ3v) is 3.94. The predicted octanol–water partition coefficient (Wildman–Crippen LogP) is 5.41. The van der Waals surface area contributed by atoms with Crippen LogP contribution in [0, 0.1) is 0 Å². The number of fused-ring (bicyclic) bond motifs is 2. The molecule has 3 heteroatoms. The molecule has 0 spiro atoms. The molecule has 1 aromatic heterocycles. The average molecular weight is 324 g/mol. The number of halogens is 1. The highest BCUT2D eigenvalue weighted by atomic mass is 79.9. The summed E-state index contributed by atoms with van der Waals surface area (Å²) in [6.45, 7) is 0. The molecule has 96 valence electrons. The molecule has 2 nitrogen and oxygen atoms in total. The van der Waals surface area contributed by atoms with Crippen molar-refractivity contribution in [2.45, 2.75) is 0 Å². The van der Waals surface area contributed by atoms with Crippen molar-refractivity contribution >= 4 is 37.6 Å². The Morgan fingerprint density at radius 2 is 1.70 bits per heavy atom. The smallest absolute Gasteiger partial charge is 0.174 e. The fourth-order valence-corrected chi connectivity index (χ4v) is 2.81. The van der Waals surface area contributed by atoms with E-state index in [9.17, 15) is 0 Å². The molecule has 3 aromatic carbocycles. The molecule has 0 atom stereocenters. The van der Waals surface area contributed by atoms with Crippen molar-refractivity contribution in [2.24, 2.45) is 0 Å². The molecule has 0 aliphatic carbocycles. The van der Waals surface area contributed by atoms with Gasteiger partial charge in [0.15, 0.2) is 5.76 Å².